The summed E-state index contributed by atoms with van der Waals surface area (Å²) in [5.41, 5.74) is 1.56. The molecule has 1 saturated carbocycles. The largest absolute Gasteiger partial charge is 0.389 e. The summed E-state index contributed by atoms with van der Waals surface area (Å²) in [6.45, 7) is 2.55. The number of benzene rings is 1. The lowest BCUT2D eigenvalue weighted by Crippen LogP contribution is -2.28. The van der Waals surface area contributed by atoms with Gasteiger partial charge in [0.15, 0.2) is 0 Å². The van der Waals surface area contributed by atoms with E-state index in [-0.39, 0.29) is 5.82 Å². The van der Waals surface area contributed by atoms with E-state index >= 15 is 0 Å². The first-order valence-electron chi connectivity index (χ1n) is 7.44. The second-order valence-corrected chi connectivity index (χ2v) is 5.65. The number of rotatable bonds is 6. The summed E-state index contributed by atoms with van der Waals surface area (Å²) < 4.78 is 18.9. The van der Waals surface area contributed by atoms with Gasteiger partial charge < -0.3 is 15.2 Å². The smallest absolute Gasteiger partial charge is 0.125 e. The summed E-state index contributed by atoms with van der Waals surface area (Å²) in [5.74, 6) is -0.263. The molecular formula is C16H24FNO2. The number of aliphatic hydroxyl groups excluding tert-OH is 1. The Morgan fingerprint density at radius 3 is 2.75 bits per heavy atom. The Kier molecular flexibility index (Phi) is 5.80. The first-order valence-corrected chi connectivity index (χ1v) is 7.44. The molecule has 2 N–H and O–H groups in total. The normalized spacial score (nSPS) is 17.9. The van der Waals surface area contributed by atoms with Gasteiger partial charge in [-0.2, -0.15) is 0 Å². The minimum absolute atomic E-state index is 0.263. The van der Waals surface area contributed by atoms with Crippen molar-refractivity contribution in [2.45, 2.75) is 51.2 Å². The van der Waals surface area contributed by atoms with E-state index in [4.69, 9.17) is 4.74 Å². The summed E-state index contributed by atoms with van der Waals surface area (Å²) in [4.78, 5) is 0. The van der Waals surface area contributed by atoms with Crippen LogP contribution in [0.4, 0.5) is 10.1 Å². The molecule has 0 radical (unpaired) electrons. The maximum absolute atomic E-state index is 13.2. The highest BCUT2D eigenvalue weighted by Gasteiger charge is 2.15. The molecule has 1 unspecified atom stereocenters. The molecule has 20 heavy (non-hydrogen) atoms. The molecule has 1 atom stereocenters. The van der Waals surface area contributed by atoms with Gasteiger partial charge in [0.2, 0.25) is 0 Å². The molecule has 0 amide bonds. The number of ether oxygens (including phenoxy) is 1. The lowest BCUT2D eigenvalue weighted by atomic mass is 9.98. The van der Waals surface area contributed by atoms with Crippen molar-refractivity contribution in [1.82, 2.24) is 0 Å². The van der Waals surface area contributed by atoms with Crippen LogP contribution in [-0.4, -0.2) is 30.5 Å². The Morgan fingerprint density at radius 1 is 1.30 bits per heavy atom. The van der Waals surface area contributed by atoms with E-state index in [0.29, 0.717) is 24.9 Å². The maximum atomic E-state index is 13.2. The molecule has 0 spiro atoms. The van der Waals surface area contributed by atoms with Gasteiger partial charge in [-0.3, -0.25) is 0 Å². The van der Waals surface area contributed by atoms with Crippen molar-refractivity contribution < 1.29 is 14.2 Å². The van der Waals surface area contributed by atoms with Crippen LogP contribution in [0.2, 0.25) is 0 Å². The molecule has 4 heteroatoms. The van der Waals surface area contributed by atoms with Gasteiger partial charge in [-0.1, -0.05) is 19.3 Å². The highest BCUT2D eigenvalue weighted by Crippen LogP contribution is 2.20. The third-order valence-corrected chi connectivity index (χ3v) is 3.66. The van der Waals surface area contributed by atoms with E-state index < -0.39 is 6.10 Å². The zero-order valence-electron chi connectivity index (χ0n) is 12.1. The van der Waals surface area contributed by atoms with Crippen molar-refractivity contribution in [2.24, 2.45) is 0 Å². The van der Waals surface area contributed by atoms with Gasteiger partial charge in [0, 0.05) is 12.2 Å². The molecule has 1 fully saturated rings. The summed E-state index contributed by atoms with van der Waals surface area (Å²) in [7, 11) is 0. The predicted octanol–water partition coefficient (Wildman–Crippen LogP) is 3.26. The van der Waals surface area contributed by atoms with Crippen molar-refractivity contribution in [2.75, 3.05) is 18.5 Å². The van der Waals surface area contributed by atoms with Crippen molar-refractivity contribution >= 4 is 5.69 Å². The number of halogens is 1. The fraction of sp³-hybridized carbons (Fsp3) is 0.625. The van der Waals surface area contributed by atoms with Crippen LogP contribution < -0.4 is 5.32 Å². The average Bonchev–Trinajstić information content (AvgIpc) is 2.43. The first kappa shape index (κ1) is 15.3. The van der Waals surface area contributed by atoms with E-state index in [2.05, 4.69) is 5.32 Å². The second kappa shape index (κ2) is 7.60. The Bertz CT molecular complexity index is 399. The number of nitrogens with one attached hydrogen (secondary N) is 1. The van der Waals surface area contributed by atoms with Gasteiger partial charge in [0.05, 0.1) is 18.8 Å². The van der Waals surface area contributed by atoms with Crippen molar-refractivity contribution in [3.05, 3.63) is 29.6 Å². The van der Waals surface area contributed by atoms with E-state index in [1.807, 2.05) is 13.0 Å². The van der Waals surface area contributed by atoms with E-state index in [1.165, 1.54) is 31.4 Å². The molecule has 3 nitrogen and oxygen atoms in total. The number of anilines is 1. The Labute approximate surface area is 120 Å². The first-order chi connectivity index (χ1) is 9.63. The van der Waals surface area contributed by atoms with Crippen LogP contribution in [0.25, 0.3) is 0 Å². The quantitative estimate of drug-likeness (QED) is 0.841. The van der Waals surface area contributed by atoms with Crippen molar-refractivity contribution in [3.8, 4) is 0 Å². The van der Waals surface area contributed by atoms with Gasteiger partial charge in [-0.25, -0.2) is 4.39 Å². The molecule has 2 rings (SSSR count). The van der Waals surface area contributed by atoms with E-state index in [9.17, 15) is 9.50 Å². The molecule has 0 bridgehead atoms. The average molecular weight is 281 g/mol. The lowest BCUT2D eigenvalue weighted by molar-refractivity contribution is -0.0195. The number of aliphatic hydroxyl groups is 1. The van der Waals surface area contributed by atoms with Gasteiger partial charge in [0.1, 0.15) is 5.82 Å². The molecular weight excluding hydrogens is 257 g/mol. The van der Waals surface area contributed by atoms with Crippen LogP contribution in [0.1, 0.15) is 37.7 Å². The number of hydrogen-bond donors (Lipinski definition) is 2. The third-order valence-electron chi connectivity index (χ3n) is 3.66. The standard InChI is InChI=1S/C16H24FNO2/c1-12-7-13(17)9-14(8-12)18-10-15(19)11-20-16-5-3-2-4-6-16/h7-9,15-16,18-19H,2-6,10-11H2,1H3. The van der Waals surface area contributed by atoms with Crippen LogP contribution in [0.15, 0.2) is 18.2 Å². The summed E-state index contributed by atoms with van der Waals surface area (Å²) in [6.07, 6.45) is 5.67. The van der Waals surface area contributed by atoms with Crippen molar-refractivity contribution in [1.29, 1.82) is 0 Å². The van der Waals surface area contributed by atoms with Gasteiger partial charge in [-0.15, -0.1) is 0 Å². The number of aryl methyl sites for hydroxylation is 1. The molecule has 112 valence electrons. The molecule has 0 saturated heterocycles. The lowest BCUT2D eigenvalue weighted by Gasteiger charge is -2.23. The molecule has 0 aliphatic heterocycles. The Balaban J connectivity index is 1.70. The summed E-state index contributed by atoms with van der Waals surface area (Å²) in [5, 5.41) is 12.9. The molecule has 1 aromatic rings. The fourth-order valence-electron chi connectivity index (χ4n) is 2.61. The molecule has 1 aliphatic rings. The third kappa shape index (κ3) is 5.10. The zero-order chi connectivity index (χ0) is 14.4. The minimum atomic E-state index is -0.569. The zero-order valence-corrected chi connectivity index (χ0v) is 12.1. The molecule has 1 aromatic carbocycles. The highest BCUT2D eigenvalue weighted by atomic mass is 19.1. The summed E-state index contributed by atoms with van der Waals surface area (Å²) >= 11 is 0. The monoisotopic (exact) mass is 281 g/mol. The topological polar surface area (TPSA) is 41.5 Å². The van der Waals surface area contributed by atoms with Gasteiger partial charge in [-0.05, 0) is 43.5 Å². The van der Waals surface area contributed by atoms with Crippen LogP contribution in [0, 0.1) is 12.7 Å². The molecule has 0 heterocycles. The van der Waals surface area contributed by atoms with Crippen LogP contribution >= 0.6 is 0 Å². The van der Waals surface area contributed by atoms with Crippen LogP contribution in [-0.2, 0) is 4.74 Å². The second-order valence-electron chi connectivity index (χ2n) is 5.65. The Morgan fingerprint density at radius 2 is 2.05 bits per heavy atom. The number of hydrogen-bond acceptors (Lipinski definition) is 3. The van der Waals surface area contributed by atoms with Gasteiger partial charge in [0.25, 0.3) is 0 Å². The molecule has 1 aliphatic carbocycles. The predicted molar refractivity (Wildman–Crippen MR) is 78.5 cm³/mol. The van der Waals surface area contributed by atoms with Gasteiger partial charge >= 0.3 is 0 Å². The Hall–Kier alpha value is -1.13. The SMILES string of the molecule is Cc1cc(F)cc(NCC(O)COC2CCCCC2)c1. The van der Waals surface area contributed by atoms with E-state index in [0.717, 1.165) is 18.4 Å². The fourth-order valence-corrected chi connectivity index (χ4v) is 2.61. The highest BCUT2D eigenvalue weighted by molar-refractivity contribution is 5.46. The van der Waals surface area contributed by atoms with E-state index in [1.54, 1.807) is 0 Å². The maximum Gasteiger partial charge on any atom is 0.125 e. The van der Waals surface area contributed by atoms with Crippen LogP contribution in [0.5, 0.6) is 0 Å². The molecule has 0 aromatic heterocycles. The summed E-state index contributed by atoms with van der Waals surface area (Å²) in [6, 6.07) is 4.77. The van der Waals surface area contributed by atoms with Crippen molar-refractivity contribution in [3.63, 3.8) is 0 Å². The van der Waals surface area contributed by atoms with Crippen LogP contribution in [0.3, 0.4) is 0 Å². The minimum Gasteiger partial charge on any atom is -0.389 e.